The summed E-state index contributed by atoms with van der Waals surface area (Å²) < 4.78 is 2.38. The van der Waals surface area contributed by atoms with Gasteiger partial charge in [0.25, 0.3) is 5.91 Å². The third-order valence-corrected chi connectivity index (χ3v) is 6.38. The van der Waals surface area contributed by atoms with Crippen LogP contribution >= 0.6 is 33.9 Å². The smallest absolute Gasteiger partial charge is 0.253 e. The molecule has 1 amide bonds. The third kappa shape index (κ3) is 3.19. The summed E-state index contributed by atoms with van der Waals surface area (Å²) in [5.74, 6) is 0.487. The van der Waals surface area contributed by atoms with Crippen molar-refractivity contribution in [2.75, 3.05) is 13.1 Å². The van der Waals surface area contributed by atoms with Crippen molar-refractivity contribution in [1.82, 2.24) is 9.88 Å². The van der Waals surface area contributed by atoms with Gasteiger partial charge in [0, 0.05) is 28.1 Å². The molecule has 0 radical (unpaired) electrons. The van der Waals surface area contributed by atoms with E-state index in [0.717, 1.165) is 45.6 Å². The molecule has 0 unspecified atom stereocenters. The van der Waals surface area contributed by atoms with Gasteiger partial charge in [0.05, 0.1) is 15.2 Å². The van der Waals surface area contributed by atoms with E-state index in [0.29, 0.717) is 5.92 Å². The maximum Gasteiger partial charge on any atom is 0.253 e. The van der Waals surface area contributed by atoms with Crippen molar-refractivity contribution in [1.29, 1.82) is 0 Å². The van der Waals surface area contributed by atoms with Crippen LogP contribution in [0.2, 0.25) is 0 Å². The Morgan fingerprint density at radius 3 is 2.75 bits per heavy atom. The largest absolute Gasteiger partial charge is 0.338 e. The molecule has 0 saturated carbocycles. The van der Waals surface area contributed by atoms with E-state index in [1.165, 1.54) is 4.70 Å². The first-order valence-corrected chi connectivity index (χ1v) is 10.0. The number of aromatic nitrogens is 1. The standard InChI is InChI=1S/C19H17IN2OS/c20-15-9-7-13(8-10-15)19(23)22-11-3-4-14(12-22)18-21-16-5-1-2-6-17(16)24-18/h1-2,5-10,14H,3-4,11-12H2/t14-/m1/s1. The fraction of sp³-hybridized carbons (Fsp3) is 0.263. The predicted octanol–water partition coefficient (Wildman–Crippen LogP) is 4.92. The van der Waals surface area contributed by atoms with Crippen LogP contribution in [0.25, 0.3) is 10.2 Å². The highest BCUT2D eigenvalue weighted by Gasteiger charge is 2.27. The summed E-state index contributed by atoms with van der Waals surface area (Å²) in [5.41, 5.74) is 1.85. The fourth-order valence-electron chi connectivity index (χ4n) is 3.20. The monoisotopic (exact) mass is 448 g/mol. The highest BCUT2D eigenvalue weighted by molar-refractivity contribution is 14.1. The van der Waals surface area contributed by atoms with Crippen molar-refractivity contribution < 1.29 is 4.79 Å². The van der Waals surface area contributed by atoms with Gasteiger partial charge in [0.15, 0.2) is 0 Å². The summed E-state index contributed by atoms with van der Waals surface area (Å²) >= 11 is 4.03. The molecule has 2 heterocycles. The van der Waals surface area contributed by atoms with Crippen LogP contribution in [0.5, 0.6) is 0 Å². The number of hydrogen-bond donors (Lipinski definition) is 0. The van der Waals surface area contributed by atoms with Gasteiger partial charge in [0.1, 0.15) is 0 Å². The molecule has 3 aromatic rings. The molecular weight excluding hydrogens is 431 g/mol. The van der Waals surface area contributed by atoms with Gasteiger partial charge < -0.3 is 4.90 Å². The molecule has 24 heavy (non-hydrogen) atoms. The molecule has 122 valence electrons. The lowest BCUT2D eigenvalue weighted by molar-refractivity contribution is 0.0707. The minimum absolute atomic E-state index is 0.136. The van der Waals surface area contributed by atoms with Gasteiger partial charge in [-0.1, -0.05) is 12.1 Å². The number of nitrogens with zero attached hydrogens (tertiary/aromatic N) is 2. The van der Waals surface area contributed by atoms with Crippen LogP contribution in [0.4, 0.5) is 0 Å². The molecule has 2 aromatic carbocycles. The molecule has 4 rings (SSSR count). The van der Waals surface area contributed by atoms with Crippen molar-refractivity contribution in [3.05, 3.63) is 62.7 Å². The van der Waals surface area contributed by atoms with E-state index in [1.54, 1.807) is 11.3 Å². The Balaban J connectivity index is 1.54. The number of likely N-dealkylation sites (tertiary alicyclic amines) is 1. The highest BCUT2D eigenvalue weighted by atomic mass is 127. The average Bonchev–Trinajstić information content (AvgIpc) is 3.06. The summed E-state index contributed by atoms with van der Waals surface area (Å²) in [4.78, 5) is 19.5. The molecule has 5 heteroatoms. The van der Waals surface area contributed by atoms with E-state index in [1.807, 2.05) is 35.2 Å². The van der Waals surface area contributed by atoms with Gasteiger partial charge in [-0.25, -0.2) is 4.98 Å². The van der Waals surface area contributed by atoms with Crippen LogP contribution in [0.1, 0.15) is 34.1 Å². The number of para-hydroxylation sites is 1. The molecule has 1 saturated heterocycles. The molecule has 1 aromatic heterocycles. The van der Waals surface area contributed by atoms with E-state index in [4.69, 9.17) is 4.98 Å². The summed E-state index contributed by atoms with van der Waals surface area (Å²) in [5, 5.41) is 1.16. The second kappa shape index (κ2) is 6.80. The van der Waals surface area contributed by atoms with Crippen molar-refractivity contribution in [2.45, 2.75) is 18.8 Å². The molecule has 1 atom stereocenters. The number of thiazole rings is 1. The number of fused-ring (bicyclic) bond motifs is 1. The Kier molecular flexibility index (Phi) is 4.54. The lowest BCUT2D eigenvalue weighted by atomic mass is 9.98. The maximum absolute atomic E-state index is 12.8. The average molecular weight is 448 g/mol. The summed E-state index contributed by atoms with van der Waals surface area (Å²) in [7, 11) is 0. The van der Waals surface area contributed by atoms with Gasteiger partial charge in [-0.15, -0.1) is 11.3 Å². The predicted molar refractivity (Wildman–Crippen MR) is 107 cm³/mol. The quantitative estimate of drug-likeness (QED) is 0.522. The number of hydrogen-bond acceptors (Lipinski definition) is 3. The lowest BCUT2D eigenvalue weighted by Crippen LogP contribution is -2.39. The molecule has 1 aliphatic rings. The van der Waals surface area contributed by atoms with Gasteiger partial charge in [-0.3, -0.25) is 4.79 Å². The van der Waals surface area contributed by atoms with Crippen molar-refractivity contribution in [3.8, 4) is 0 Å². The van der Waals surface area contributed by atoms with Crippen LogP contribution in [0, 0.1) is 3.57 Å². The van der Waals surface area contributed by atoms with Gasteiger partial charge in [-0.05, 0) is 71.8 Å². The number of halogens is 1. The van der Waals surface area contributed by atoms with E-state index in [9.17, 15) is 4.79 Å². The van der Waals surface area contributed by atoms with E-state index < -0.39 is 0 Å². The lowest BCUT2D eigenvalue weighted by Gasteiger charge is -2.32. The third-order valence-electron chi connectivity index (χ3n) is 4.46. The maximum atomic E-state index is 12.8. The topological polar surface area (TPSA) is 33.2 Å². The summed E-state index contributed by atoms with van der Waals surface area (Å²) in [6, 6.07) is 16.1. The van der Waals surface area contributed by atoms with Crippen LogP contribution < -0.4 is 0 Å². The van der Waals surface area contributed by atoms with Gasteiger partial charge in [0.2, 0.25) is 0 Å². The van der Waals surface area contributed by atoms with Crippen LogP contribution in [-0.2, 0) is 0 Å². The Morgan fingerprint density at radius 1 is 1.17 bits per heavy atom. The van der Waals surface area contributed by atoms with Gasteiger partial charge in [-0.2, -0.15) is 0 Å². The zero-order chi connectivity index (χ0) is 16.5. The van der Waals surface area contributed by atoms with E-state index in [-0.39, 0.29) is 5.91 Å². The fourth-order valence-corrected chi connectivity index (χ4v) is 4.66. The number of amides is 1. The summed E-state index contributed by atoms with van der Waals surface area (Å²) in [6.45, 7) is 1.61. The molecule has 0 spiro atoms. The Morgan fingerprint density at radius 2 is 1.96 bits per heavy atom. The molecule has 0 bridgehead atoms. The number of rotatable bonds is 2. The Labute approximate surface area is 158 Å². The number of carbonyl (C=O) groups is 1. The second-order valence-electron chi connectivity index (χ2n) is 6.12. The second-order valence-corrected chi connectivity index (χ2v) is 8.42. The van der Waals surface area contributed by atoms with Crippen molar-refractivity contribution in [3.63, 3.8) is 0 Å². The SMILES string of the molecule is O=C(c1ccc(I)cc1)N1CCC[C@@H](c2nc3ccccc3s2)C1. The molecule has 0 aliphatic carbocycles. The molecular formula is C19H17IN2OS. The van der Waals surface area contributed by atoms with Crippen molar-refractivity contribution >= 4 is 50.1 Å². The molecule has 1 fully saturated rings. The number of carbonyl (C=O) groups excluding carboxylic acids is 1. The first-order valence-electron chi connectivity index (χ1n) is 8.11. The first kappa shape index (κ1) is 16.0. The van der Waals surface area contributed by atoms with Crippen LogP contribution in [0.15, 0.2) is 48.5 Å². The highest BCUT2D eigenvalue weighted by Crippen LogP contribution is 2.33. The van der Waals surface area contributed by atoms with Crippen LogP contribution in [0.3, 0.4) is 0 Å². The first-order chi connectivity index (χ1) is 11.7. The minimum atomic E-state index is 0.136. The van der Waals surface area contributed by atoms with Crippen molar-refractivity contribution in [2.24, 2.45) is 0 Å². The Bertz CT molecular complexity index is 841. The zero-order valence-corrected chi connectivity index (χ0v) is 16.1. The zero-order valence-electron chi connectivity index (χ0n) is 13.1. The minimum Gasteiger partial charge on any atom is -0.338 e. The molecule has 1 aliphatic heterocycles. The van der Waals surface area contributed by atoms with Gasteiger partial charge >= 0.3 is 0 Å². The Hall–Kier alpha value is -1.47. The molecule has 3 nitrogen and oxygen atoms in total. The number of piperidine rings is 1. The molecule has 0 N–H and O–H groups in total. The summed E-state index contributed by atoms with van der Waals surface area (Å²) in [6.07, 6.45) is 2.15. The van der Waals surface area contributed by atoms with Crippen LogP contribution in [-0.4, -0.2) is 28.9 Å². The van der Waals surface area contributed by atoms with E-state index in [2.05, 4.69) is 40.8 Å². The normalized spacial score (nSPS) is 18.0. The number of benzene rings is 2. The van der Waals surface area contributed by atoms with E-state index >= 15 is 0 Å².